The topological polar surface area (TPSA) is 64.8 Å². The molecule has 2 aromatic heterocycles. The second-order valence-corrected chi connectivity index (χ2v) is 6.05. The molecule has 5 nitrogen and oxygen atoms in total. The lowest BCUT2D eigenvalue weighted by molar-refractivity contribution is 0.605. The van der Waals surface area contributed by atoms with Crippen LogP contribution in [0.1, 0.15) is 5.56 Å². The van der Waals surface area contributed by atoms with Gasteiger partial charge in [0.1, 0.15) is 4.90 Å². The van der Waals surface area contributed by atoms with Crippen LogP contribution in [0.3, 0.4) is 0 Å². The molecule has 17 heavy (non-hydrogen) atoms. The number of pyridine rings is 1. The maximum absolute atomic E-state index is 11.0. The van der Waals surface area contributed by atoms with Crippen molar-refractivity contribution >= 4 is 19.7 Å². The van der Waals surface area contributed by atoms with Crippen LogP contribution in [-0.4, -0.2) is 23.2 Å². The molecule has 0 bridgehead atoms. The molecule has 0 radical (unpaired) electrons. The summed E-state index contributed by atoms with van der Waals surface area (Å²) in [4.78, 5) is 4.01. The smallest absolute Gasteiger partial charge is 0.264 e. The Hall–Kier alpha value is -1.40. The quantitative estimate of drug-likeness (QED) is 0.790. The lowest BCUT2D eigenvalue weighted by Gasteiger charge is -2.00. The Morgan fingerprint density at radius 2 is 2.18 bits per heavy atom. The highest BCUT2D eigenvalue weighted by molar-refractivity contribution is 8.13. The summed E-state index contributed by atoms with van der Waals surface area (Å²) in [7, 11) is 1.51. The summed E-state index contributed by atoms with van der Waals surface area (Å²) in [5, 5.41) is 3.93. The number of rotatable bonds is 4. The summed E-state index contributed by atoms with van der Waals surface area (Å²) in [5.74, 6) is 0. The number of nitrogens with zero attached hydrogens (tertiary/aromatic N) is 3. The predicted octanol–water partition coefficient (Wildman–Crippen LogP) is 1.45. The Kier molecular flexibility index (Phi) is 3.44. The fourth-order valence-corrected chi connectivity index (χ4v) is 2.04. The molecule has 0 aliphatic carbocycles. The van der Waals surface area contributed by atoms with Gasteiger partial charge in [-0.1, -0.05) is 6.07 Å². The van der Waals surface area contributed by atoms with E-state index in [1.807, 2.05) is 12.1 Å². The number of halogens is 1. The first-order chi connectivity index (χ1) is 8.05. The van der Waals surface area contributed by atoms with Gasteiger partial charge in [0.05, 0.1) is 6.20 Å². The van der Waals surface area contributed by atoms with Gasteiger partial charge in [0, 0.05) is 35.8 Å². The van der Waals surface area contributed by atoms with Crippen LogP contribution in [0.25, 0.3) is 0 Å². The van der Waals surface area contributed by atoms with Gasteiger partial charge >= 0.3 is 0 Å². The van der Waals surface area contributed by atoms with E-state index >= 15 is 0 Å². The third-order valence-electron chi connectivity index (χ3n) is 2.24. The van der Waals surface area contributed by atoms with E-state index in [-0.39, 0.29) is 4.90 Å². The highest BCUT2D eigenvalue weighted by atomic mass is 35.7. The summed E-state index contributed by atoms with van der Waals surface area (Å²) in [6, 6.07) is 3.81. The molecule has 0 aromatic carbocycles. The van der Waals surface area contributed by atoms with E-state index in [9.17, 15) is 8.42 Å². The van der Waals surface area contributed by atoms with Crippen molar-refractivity contribution in [1.82, 2.24) is 14.8 Å². The lowest BCUT2D eigenvalue weighted by Crippen LogP contribution is -2.01. The van der Waals surface area contributed by atoms with Crippen molar-refractivity contribution < 1.29 is 8.42 Å². The van der Waals surface area contributed by atoms with E-state index in [2.05, 4.69) is 10.1 Å². The van der Waals surface area contributed by atoms with Gasteiger partial charge in [-0.3, -0.25) is 9.67 Å². The van der Waals surface area contributed by atoms with Crippen LogP contribution in [0.2, 0.25) is 0 Å². The summed E-state index contributed by atoms with van der Waals surface area (Å²) in [6.07, 6.45) is 6.86. The van der Waals surface area contributed by atoms with Crippen LogP contribution < -0.4 is 0 Å². The molecule has 2 heterocycles. The van der Waals surface area contributed by atoms with Gasteiger partial charge in [-0.25, -0.2) is 8.42 Å². The standard InChI is InChI=1S/C10H10ClN3O2S/c11-17(15,16)10-7-13-14(8-10)5-3-9-2-1-4-12-6-9/h1-2,4,6-8H,3,5H2. The van der Waals surface area contributed by atoms with E-state index in [0.717, 1.165) is 12.0 Å². The van der Waals surface area contributed by atoms with Gasteiger partial charge in [-0.2, -0.15) is 5.10 Å². The van der Waals surface area contributed by atoms with Crippen molar-refractivity contribution in [3.8, 4) is 0 Å². The van der Waals surface area contributed by atoms with Crippen molar-refractivity contribution in [2.24, 2.45) is 0 Å². The maximum atomic E-state index is 11.0. The molecular formula is C10H10ClN3O2S. The molecule has 0 aliphatic heterocycles. The van der Waals surface area contributed by atoms with Crippen molar-refractivity contribution in [1.29, 1.82) is 0 Å². The first-order valence-corrected chi connectivity index (χ1v) is 7.23. The van der Waals surface area contributed by atoms with Crippen molar-refractivity contribution in [3.05, 3.63) is 42.5 Å². The number of hydrogen-bond donors (Lipinski definition) is 0. The second-order valence-electron chi connectivity index (χ2n) is 3.49. The molecule has 0 saturated carbocycles. The van der Waals surface area contributed by atoms with Crippen LogP contribution in [0.5, 0.6) is 0 Å². The monoisotopic (exact) mass is 271 g/mol. The average Bonchev–Trinajstić information content (AvgIpc) is 2.76. The highest BCUT2D eigenvalue weighted by Crippen LogP contribution is 2.13. The molecule has 90 valence electrons. The zero-order valence-corrected chi connectivity index (χ0v) is 10.4. The first-order valence-electron chi connectivity index (χ1n) is 4.92. The SMILES string of the molecule is O=S(=O)(Cl)c1cnn(CCc2cccnc2)c1. The Morgan fingerprint density at radius 1 is 1.35 bits per heavy atom. The van der Waals surface area contributed by atoms with Gasteiger partial charge in [-0.05, 0) is 18.1 Å². The predicted molar refractivity (Wildman–Crippen MR) is 63.2 cm³/mol. The first kappa shape index (κ1) is 12.1. The van der Waals surface area contributed by atoms with Crippen LogP contribution in [0.15, 0.2) is 41.8 Å². The van der Waals surface area contributed by atoms with E-state index in [1.165, 1.54) is 12.4 Å². The third-order valence-corrected chi connectivity index (χ3v) is 3.55. The van der Waals surface area contributed by atoms with E-state index in [4.69, 9.17) is 10.7 Å². The van der Waals surface area contributed by atoms with Crippen molar-refractivity contribution in [2.75, 3.05) is 0 Å². The maximum Gasteiger partial charge on any atom is 0.264 e. The van der Waals surface area contributed by atoms with Crippen molar-refractivity contribution in [3.63, 3.8) is 0 Å². The van der Waals surface area contributed by atoms with Gasteiger partial charge in [0.2, 0.25) is 0 Å². The molecule has 0 spiro atoms. The Bertz CT molecular complexity index is 595. The molecule has 2 rings (SSSR count). The van der Waals surface area contributed by atoms with E-state index in [1.54, 1.807) is 17.1 Å². The molecule has 0 saturated heterocycles. The Labute approximate surface area is 103 Å². The zero-order chi connectivity index (χ0) is 12.3. The molecule has 0 unspecified atom stereocenters. The Balaban J connectivity index is 2.04. The minimum absolute atomic E-state index is 0.0188. The lowest BCUT2D eigenvalue weighted by atomic mass is 10.2. The van der Waals surface area contributed by atoms with Crippen LogP contribution in [-0.2, 0) is 22.0 Å². The molecule has 0 amide bonds. The average molecular weight is 272 g/mol. The summed E-state index contributed by atoms with van der Waals surface area (Å²) in [5.41, 5.74) is 1.07. The van der Waals surface area contributed by atoms with Crippen LogP contribution >= 0.6 is 10.7 Å². The number of aromatic nitrogens is 3. The third kappa shape index (κ3) is 3.28. The van der Waals surface area contributed by atoms with Crippen LogP contribution in [0.4, 0.5) is 0 Å². The highest BCUT2D eigenvalue weighted by Gasteiger charge is 2.12. The fraction of sp³-hybridized carbons (Fsp3) is 0.200. The largest absolute Gasteiger partial charge is 0.271 e. The van der Waals surface area contributed by atoms with Gasteiger partial charge in [0.25, 0.3) is 9.05 Å². The summed E-state index contributed by atoms with van der Waals surface area (Å²) in [6.45, 7) is 0.581. The summed E-state index contributed by atoms with van der Waals surface area (Å²) < 4.78 is 23.6. The molecule has 0 aliphatic rings. The minimum Gasteiger partial charge on any atom is -0.271 e. The number of aryl methyl sites for hydroxylation is 2. The van der Waals surface area contributed by atoms with Gasteiger partial charge < -0.3 is 0 Å². The van der Waals surface area contributed by atoms with E-state index < -0.39 is 9.05 Å². The molecule has 0 atom stereocenters. The molecule has 0 N–H and O–H groups in total. The van der Waals surface area contributed by atoms with E-state index in [0.29, 0.717) is 6.54 Å². The number of hydrogen-bond acceptors (Lipinski definition) is 4. The fourth-order valence-electron chi connectivity index (χ4n) is 1.38. The minimum atomic E-state index is -3.69. The Morgan fingerprint density at radius 3 is 2.76 bits per heavy atom. The molecule has 0 fully saturated rings. The van der Waals surface area contributed by atoms with Crippen molar-refractivity contribution in [2.45, 2.75) is 17.9 Å². The van der Waals surface area contributed by atoms with Gasteiger partial charge in [0.15, 0.2) is 0 Å². The normalized spacial score (nSPS) is 11.6. The molecular weight excluding hydrogens is 262 g/mol. The molecule has 2 aromatic rings. The molecule has 7 heteroatoms. The van der Waals surface area contributed by atoms with Crippen LogP contribution in [0, 0.1) is 0 Å². The zero-order valence-electron chi connectivity index (χ0n) is 8.82. The summed E-state index contributed by atoms with van der Waals surface area (Å²) >= 11 is 0. The van der Waals surface area contributed by atoms with Gasteiger partial charge in [-0.15, -0.1) is 0 Å². The second kappa shape index (κ2) is 4.85.